The quantitative estimate of drug-likeness (QED) is 0.695. The van der Waals surface area contributed by atoms with E-state index in [1.54, 1.807) is 0 Å². The van der Waals surface area contributed by atoms with Gasteiger partial charge in [-0.3, -0.25) is 4.79 Å². The first-order valence-corrected chi connectivity index (χ1v) is 8.92. The maximum Gasteiger partial charge on any atom is 0.155 e. The maximum atomic E-state index is 11.7. The summed E-state index contributed by atoms with van der Waals surface area (Å²) in [4.78, 5) is 11.7. The van der Waals surface area contributed by atoms with Crippen molar-refractivity contribution in [1.29, 1.82) is 0 Å². The Balaban J connectivity index is 1.65. The van der Waals surface area contributed by atoms with Crippen molar-refractivity contribution in [1.82, 2.24) is 0 Å². The highest BCUT2D eigenvalue weighted by Gasteiger charge is 2.61. The summed E-state index contributed by atoms with van der Waals surface area (Å²) in [6.45, 7) is 2.23. The van der Waals surface area contributed by atoms with E-state index in [9.17, 15) is 9.90 Å². The van der Waals surface area contributed by atoms with Gasteiger partial charge in [-0.15, -0.1) is 6.42 Å². The molecule has 0 aromatic carbocycles. The number of ketones is 1. The van der Waals surface area contributed by atoms with Crippen LogP contribution in [0.25, 0.3) is 0 Å². The van der Waals surface area contributed by atoms with Crippen molar-refractivity contribution in [3.63, 3.8) is 0 Å². The third-order valence-electron chi connectivity index (χ3n) is 7.69. The molecule has 0 spiro atoms. The van der Waals surface area contributed by atoms with Crippen molar-refractivity contribution in [2.75, 3.05) is 0 Å². The highest BCUT2D eigenvalue weighted by Crippen LogP contribution is 2.64. The predicted molar refractivity (Wildman–Crippen MR) is 85.9 cm³/mol. The molecule has 0 aromatic rings. The Labute approximate surface area is 133 Å². The Hall–Kier alpha value is -1.07. The fourth-order valence-corrected chi connectivity index (χ4v) is 6.43. The monoisotopic (exact) mass is 298 g/mol. The van der Waals surface area contributed by atoms with Crippen LogP contribution >= 0.6 is 0 Å². The molecule has 1 N–H and O–H groups in total. The first-order valence-electron chi connectivity index (χ1n) is 8.92. The van der Waals surface area contributed by atoms with Gasteiger partial charge in [0.25, 0.3) is 0 Å². The van der Waals surface area contributed by atoms with Crippen molar-refractivity contribution in [2.45, 2.75) is 63.9 Å². The van der Waals surface area contributed by atoms with Crippen molar-refractivity contribution < 1.29 is 9.90 Å². The highest BCUT2D eigenvalue weighted by atomic mass is 16.3. The molecule has 2 nitrogen and oxygen atoms in total. The van der Waals surface area contributed by atoms with Crippen molar-refractivity contribution in [2.24, 2.45) is 29.1 Å². The molecule has 4 rings (SSSR count). The Morgan fingerprint density at radius 1 is 1.18 bits per heavy atom. The molecule has 0 heterocycles. The molecule has 4 aliphatic rings. The van der Waals surface area contributed by atoms with Gasteiger partial charge < -0.3 is 5.11 Å². The van der Waals surface area contributed by atoms with Gasteiger partial charge in [-0.25, -0.2) is 0 Å². The number of hydrogen-bond donors (Lipinski definition) is 1. The molecule has 118 valence electrons. The smallest absolute Gasteiger partial charge is 0.155 e. The van der Waals surface area contributed by atoms with Gasteiger partial charge in [0.1, 0.15) is 5.60 Å². The van der Waals surface area contributed by atoms with E-state index in [0.717, 1.165) is 44.9 Å². The largest absolute Gasteiger partial charge is 0.377 e. The summed E-state index contributed by atoms with van der Waals surface area (Å²) in [7, 11) is 0. The average Bonchev–Trinajstić information content (AvgIpc) is 2.79. The summed E-state index contributed by atoms with van der Waals surface area (Å²) in [6.07, 6.45) is 15.7. The molecule has 0 aromatic heterocycles. The Morgan fingerprint density at radius 3 is 2.77 bits per heavy atom. The van der Waals surface area contributed by atoms with Crippen LogP contribution in [0.1, 0.15) is 58.3 Å². The number of carbonyl (C=O) groups excluding carboxylic acids is 1. The lowest BCUT2D eigenvalue weighted by atomic mass is 9.50. The molecule has 0 amide bonds. The lowest BCUT2D eigenvalue weighted by Gasteiger charge is -2.54. The zero-order chi connectivity index (χ0) is 15.5. The molecule has 3 fully saturated rings. The molecule has 0 saturated heterocycles. The molecule has 6 atom stereocenters. The van der Waals surface area contributed by atoms with Crippen molar-refractivity contribution in [3.8, 4) is 12.3 Å². The van der Waals surface area contributed by atoms with Gasteiger partial charge in [0, 0.05) is 11.8 Å². The van der Waals surface area contributed by atoms with Crippen molar-refractivity contribution >= 4 is 5.78 Å². The first kappa shape index (κ1) is 14.5. The molecule has 0 bridgehead atoms. The van der Waals surface area contributed by atoms with Crippen LogP contribution in [-0.4, -0.2) is 16.5 Å². The van der Waals surface area contributed by atoms with Crippen LogP contribution in [0.15, 0.2) is 11.6 Å². The zero-order valence-electron chi connectivity index (χ0n) is 13.5. The highest BCUT2D eigenvalue weighted by molar-refractivity contribution is 5.91. The Morgan fingerprint density at radius 2 is 2.00 bits per heavy atom. The normalized spacial score (nSPS) is 50.4. The number of aliphatic hydroxyl groups is 1. The van der Waals surface area contributed by atoms with E-state index in [0.29, 0.717) is 29.5 Å². The minimum Gasteiger partial charge on any atom is -0.377 e. The van der Waals surface area contributed by atoms with Gasteiger partial charge in [-0.2, -0.15) is 0 Å². The summed E-state index contributed by atoms with van der Waals surface area (Å²) in [6, 6.07) is 0. The molecule has 2 heteroatoms. The van der Waals surface area contributed by atoms with E-state index >= 15 is 0 Å². The third-order valence-corrected chi connectivity index (χ3v) is 7.69. The van der Waals surface area contributed by atoms with Crippen LogP contribution in [0.4, 0.5) is 0 Å². The van der Waals surface area contributed by atoms with Gasteiger partial charge in [-0.1, -0.05) is 18.4 Å². The van der Waals surface area contributed by atoms with Gasteiger partial charge in [0.15, 0.2) is 5.78 Å². The van der Waals surface area contributed by atoms with Gasteiger partial charge >= 0.3 is 0 Å². The van der Waals surface area contributed by atoms with E-state index in [4.69, 9.17) is 6.42 Å². The summed E-state index contributed by atoms with van der Waals surface area (Å²) < 4.78 is 0. The van der Waals surface area contributed by atoms with Crippen LogP contribution in [0.3, 0.4) is 0 Å². The lowest BCUT2D eigenvalue weighted by Crippen LogP contribution is -2.52. The second-order valence-electron chi connectivity index (χ2n) is 8.30. The summed E-state index contributed by atoms with van der Waals surface area (Å²) in [5, 5.41) is 10.9. The molecule has 0 radical (unpaired) electrons. The van der Waals surface area contributed by atoms with Gasteiger partial charge in [0.2, 0.25) is 0 Å². The number of hydrogen-bond acceptors (Lipinski definition) is 2. The van der Waals surface area contributed by atoms with Gasteiger partial charge in [-0.05, 0) is 74.7 Å². The fourth-order valence-electron chi connectivity index (χ4n) is 6.43. The summed E-state index contributed by atoms with van der Waals surface area (Å²) >= 11 is 0. The molecule has 3 saturated carbocycles. The Kier molecular flexibility index (Phi) is 3.11. The molecular weight excluding hydrogens is 272 g/mol. The van der Waals surface area contributed by atoms with E-state index in [1.165, 1.54) is 12.0 Å². The molecule has 0 aliphatic heterocycles. The molecule has 4 aliphatic carbocycles. The number of carbonyl (C=O) groups is 1. The number of allylic oxidation sites excluding steroid dienone is 1. The van der Waals surface area contributed by atoms with E-state index in [1.807, 2.05) is 6.08 Å². The Bertz CT molecular complexity index is 583. The molecular formula is C20H26O2. The van der Waals surface area contributed by atoms with E-state index in [-0.39, 0.29) is 5.41 Å². The van der Waals surface area contributed by atoms with Crippen LogP contribution < -0.4 is 0 Å². The number of terminal acetylenes is 1. The van der Waals surface area contributed by atoms with E-state index < -0.39 is 5.60 Å². The topological polar surface area (TPSA) is 37.3 Å². The molecule has 0 unspecified atom stereocenters. The van der Waals surface area contributed by atoms with Gasteiger partial charge in [0.05, 0.1) is 0 Å². The number of rotatable bonds is 0. The molecule has 22 heavy (non-hydrogen) atoms. The average molecular weight is 298 g/mol. The second kappa shape index (κ2) is 4.71. The summed E-state index contributed by atoms with van der Waals surface area (Å²) in [5.74, 6) is 5.66. The third kappa shape index (κ3) is 1.75. The van der Waals surface area contributed by atoms with Crippen molar-refractivity contribution in [3.05, 3.63) is 11.6 Å². The first-order chi connectivity index (χ1) is 10.5. The summed E-state index contributed by atoms with van der Waals surface area (Å²) in [5.41, 5.74) is 0.418. The van der Waals surface area contributed by atoms with Crippen LogP contribution in [0.2, 0.25) is 0 Å². The lowest BCUT2D eigenvalue weighted by molar-refractivity contribution is -0.116. The minimum absolute atomic E-state index is 0.103. The maximum absolute atomic E-state index is 11.7. The number of fused-ring (bicyclic) bond motifs is 5. The second-order valence-corrected chi connectivity index (χ2v) is 8.30. The van der Waals surface area contributed by atoms with Crippen LogP contribution in [-0.2, 0) is 4.79 Å². The van der Waals surface area contributed by atoms with E-state index in [2.05, 4.69) is 12.8 Å². The van der Waals surface area contributed by atoms with Crippen LogP contribution in [0, 0.1) is 41.4 Å². The minimum atomic E-state index is -0.902. The predicted octanol–water partition coefficient (Wildman–Crippen LogP) is 3.49. The van der Waals surface area contributed by atoms with Crippen LogP contribution in [0.5, 0.6) is 0 Å². The standard InChI is InChI=1S/C20H26O2/c1-3-20(22)11-9-18-17-6-4-13-12-14(21)5-7-15(13)16(17)8-10-19(18,20)2/h1,12,15-18,22H,4-11H2,2H3/t15-,16-,17+,18-,19-,20-/m0/s1. The zero-order valence-corrected chi connectivity index (χ0v) is 13.5. The SMILES string of the molecule is C#C[C@]1(O)CC[C@H]2[C@@H]3CCC4=CC(=O)CC[C@@H]4[C@@H]3CC[C@@]21C. The fraction of sp³-hybridized carbons (Fsp3) is 0.750.